The molecule has 1 aliphatic rings. The maximum absolute atomic E-state index is 11.0. The van der Waals surface area contributed by atoms with Crippen LogP contribution < -0.4 is 11.1 Å². The lowest BCUT2D eigenvalue weighted by Crippen LogP contribution is -2.27. The van der Waals surface area contributed by atoms with Crippen molar-refractivity contribution in [2.75, 3.05) is 31.2 Å². The van der Waals surface area contributed by atoms with E-state index in [1.807, 2.05) is 7.05 Å². The maximum Gasteiger partial charge on any atom is 0.332 e. The van der Waals surface area contributed by atoms with Crippen molar-refractivity contribution in [1.82, 2.24) is 14.9 Å². The second-order valence-electron chi connectivity index (χ2n) is 4.76. The summed E-state index contributed by atoms with van der Waals surface area (Å²) < 4.78 is 0. The standard InChI is InChI=1S/C11H18N6O2/c1-7-9(17(18)19)10(15-11(12)14-7)13-5-6-16(2)8-3-4-8/h8H,3-6H2,1-2H3,(H3,12,13,14,15). The summed E-state index contributed by atoms with van der Waals surface area (Å²) in [6.07, 6.45) is 2.46. The molecule has 1 fully saturated rings. The third-order valence-corrected chi connectivity index (χ3v) is 3.19. The van der Waals surface area contributed by atoms with Crippen molar-refractivity contribution in [3.63, 3.8) is 0 Å². The van der Waals surface area contributed by atoms with E-state index in [4.69, 9.17) is 5.73 Å². The Morgan fingerprint density at radius 3 is 2.79 bits per heavy atom. The Hall–Kier alpha value is -1.96. The minimum Gasteiger partial charge on any atom is -0.368 e. The van der Waals surface area contributed by atoms with Crippen molar-refractivity contribution in [2.45, 2.75) is 25.8 Å². The first-order valence-electron chi connectivity index (χ1n) is 6.21. The van der Waals surface area contributed by atoms with E-state index in [0.717, 1.165) is 6.54 Å². The Kier molecular flexibility index (Phi) is 3.79. The molecule has 19 heavy (non-hydrogen) atoms. The van der Waals surface area contributed by atoms with Crippen LogP contribution in [0.15, 0.2) is 0 Å². The van der Waals surface area contributed by atoms with Crippen LogP contribution in [0.4, 0.5) is 17.5 Å². The van der Waals surface area contributed by atoms with Gasteiger partial charge in [0.15, 0.2) is 0 Å². The number of nitrogens with one attached hydrogen (secondary N) is 1. The summed E-state index contributed by atoms with van der Waals surface area (Å²) in [5.74, 6) is 0.236. The predicted octanol–water partition coefficient (Wildman–Crippen LogP) is 0.782. The zero-order valence-electron chi connectivity index (χ0n) is 11.1. The zero-order chi connectivity index (χ0) is 14.0. The van der Waals surface area contributed by atoms with Gasteiger partial charge in [0.1, 0.15) is 5.69 Å². The van der Waals surface area contributed by atoms with Crippen molar-refractivity contribution in [2.24, 2.45) is 0 Å². The van der Waals surface area contributed by atoms with Crippen LogP contribution in [0.2, 0.25) is 0 Å². The van der Waals surface area contributed by atoms with Crippen LogP contribution in [-0.2, 0) is 0 Å². The number of hydrogen-bond donors (Lipinski definition) is 2. The molecule has 0 spiro atoms. The summed E-state index contributed by atoms with van der Waals surface area (Å²) in [5.41, 5.74) is 5.69. The number of aromatic nitrogens is 2. The summed E-state index contributed by atoms with van der Waals surface area (Å²) in [5, 5.41) is 14.0. The molecule has 1 aromatic heterocycles. The van der Waals surface area contributed by atoms with Crippen LogP contribution in [0.1, 0.15) is 18.5 Å². The molecule has 8 nitrogen and oxygen atoms in total. The molecule has 104 valence electrons. The van der Waals surface area contributed by atoms with Crippen molar-refractivity contribution in [1.29, 1.82) is 0 Å². The van der Waals surface area contributed by atoms with Gasteiger partial charge in [-0.3, -0.25) is 10.1 Å². The van der Waals surface area contributed by atoms with Gasteiger partial charge < -0.3 is 16.0 Å². The molecule has 0 atom stereocenters. The molecule has 0 radical (unpaired) electrons. The van der Waals surface area contributed by atoms with Crippen molar-refractivity contribution < 1.29 is 4.92 Å². The average molecular weight is 266 g/mol. The summed E-state index contributed by atoms with van der Waals surface area (Å²) in [6.45, 7) is 2.95. The molecule has 0 bridgehead atoms. The molecule has 0 aliphatic heterocycles. The first-order chi connectivity index (χ1) is 8.99. The number of aryl methyl sites for hydroxylation is 1. The van der Waals surface area contributed by atoms with E-state index in [-0.39, 0.29) is 23.1 Å². The van der Waals surface area contributed by atoms with Gasteiger partial charge in [0.25, 0.3) is 0 Å². The summed E-state index contributed by atoms with van der Waals surface area (Å²) in [4.78, 5) is 20.5. The van der Waals surface area contributed by atoms with Gasteiger partial charge in [0.05, 0.1) is 4.92 Å². The number of nitrogen functional groups attached to an aromatic ring is 1. The Labute approximate surface area is 111 Å². The highest BCUT2D eigenvalue weighted by Crippen LogP contribution is 2.26. The number of hydrogen-bond acceptors (Lipinski definition) is 7. The van der Waals surface area contributed by atoms with Crippen LogP contribution in [0, 0.1) is 17.0 Å². The Balaban J connectivity index is 2.03. The molecule has 1 heterocycles. The smallest absolute Gasteiger partial charge is 0.332 e. The molecule has 1 saturated carbocycles. The molecule has 1 aliphatic carbocycles. The Morgan fingerprint density at radius 1 is 1.53 bits per heavy atom. The van der Waals surface area contributed by atoms with Crippen LogP contribution in [0.5, 0.6) is 0 Å². The molecule has 1 aromatic rings. The monoisotopic (exact) mass is 266 g/mol. The lowest BCUT2D eigenvalue weighted by Gasteiger charge is -2.16. The van der Waals surface area contributed by atoms with E-state index in [1.165, 1.54) is 12.8 Å². The second-order valence-corrected chi connectivity index (χ2v) is 4.76. The fourth-order valence-electron chi connectivity index (χ4n) is 1.98. The van der Waals surface area contributed by atoms with E-state index >= 15 is 0 Å². The van der Waals surface area contributed by atoms with Crippen LogP contribution in [0.25, 0.3) is 0 Å². The minimum atomic E-state index is -0.484. The predicted molar refractivity (Wildman–Crippen MR) is 72.0 cm³/mol. The highest BCUT2D eigenvalue weighted by atomic mass is 16.6. The number of anilines is 2. The van der Waals surface area contributed by atoms with E-state index < -0.39 is 4.92 Å². The normalized spacial score (nSPS) is 14.7. The maximum atomic E-state index is 11.0. The number of rotatable bonds is 6. The van der Waals surface area contributed by atoms with Gasteiger partial charge in [-0.15, -0.1) is 0 Å². The van der Waals surface area contributed by atoms with E-state index in [9.17, 15) is 10.1 Å². The highest BCUT2D eigenvalue weighted by molar-refractivity contribution is 5.60. The number of nitrogens with two attached hydrogens (primary N) is 1. The third-order valence-electron chi connectivity index (χ3n) is 3.19. The van der Waals surface area contributed by atoms with Gasteiger partial charge >= 0.3 is 5.69 Å². The highest BCUT2D eigenvalue weighted by Gasteiger charge is 2.26. The average Bonchev–Trinajstić information content (AvgIpc) is 3.10. The van der Waals surface area contributed by atoms with Gasteiger partial charge in [0, 0.05) is 19.1 Å². The largest absolute Gasteiger partial charge is 0.368 e. The topological polar surface area (TPSA) is 110 Å². The summed E-state index contributed by atoms with van der Waals surface area (Å²) in [6, 6.07) is 0.661. The van der Waals surface area contributed by atoms with E-state index in [0.29, 0.717) is 12.6 Å². The molecule has 0 unspecified atom stereocenters. The fraction of sp³-hybridized carbons (Fsp3) is 0.636. The van der Waals surface area contributed by atoms with Gasteiger partial charge in [-0.05, 0) is 26.8 Å². The second kappa shape index (κ2) is 5.35. The molecule has 2 rings (SSSR count). The SMILES string of the molecule is Cc1nc(N)nc(NCCN(C)C2CC2)c1[N+](=O)[O-]. The van der Waals surface area contributed by atoms with Crippen molar-refractivity contribution in [3.05, 3.63) is 15.8 Å². The van der Waals surface area contributed by atoms with Crippen molar-refractivity contribution >= 4 is 17.5 Å². The first kappa shape index (κ1) is 13.5. The van der Waals surface area contributed by atoms with Gasteiger partial charge in [-0.25, -0.2) is 4.98 Å². The van der Waals surface area contributed by atoms with Crippen LogP contribution >= 0.6 is 0 Å². The quantitative estimate of drug-likeness (QED) is 0.578. The molecule has 8 heteroatoms. The summed E-state index contributed by atoms with van der Waals surface area (Å²) in [7, 11) is 2.05. The lowest BCUT2D eigenvalue weighted by atomic mass is 10.3. The van der Waals surface area contributed by atoms with Crippen molar-refractivity contribution in [3.8, 4) is 0 Å². The fourth-order valence-corrected chi connectivity index (χ4v) is 1.98. The molecule has 3 N–H and O–H groups in total. The molecular formula is C11H18N6O2. The molecular weight excluding hydrogens is 248 g/mol. The number of likely N-dealkylation sites (N-methyl/N-ethyl adjacent to an activating group) is 1. The molecule has 0 amide bonds. The number of nitrogens with zero attached hydrogens (tertiary/aromatic N) is 4. The van der Waals surface area contributed by atoms with E-state index in [2.05, 4.69) is 20.2 Å². The number of nitro groups is 1. The minimum absolute atomic E-state index is 0.0427. The van der Waals surface area contributed by atoms with Gasteiger partial charge in [-0.2, -0.15) is 4.98 Å². The van der Waals surface area contributed by atoms with Crippen LogP contribution in [0.3, 0.4) is 0 Å². The third kappa shape index (κ3) is 3.28. The molecule has 0 aromatic carbocycles. The van der Waals surface area contributed by atoms with Gasteiger partial charge in [0.2, 0.25) is 11.8 Å². The lowest BCUT2D eigenvalue weighted by molar-refractivity contribution is -0.385. The van der Waals surface area contributed by atoms with E-state index in [1.54, 1.807) is 6.92 Å². The van der Waals surface area contributed by atoms with Gasteiger partial charge in [-0.1, -0.05) is 0 Å². The zero-order valence-corrected chi connectivity index (χ0v) is 11.1. The Morgan fingerprint density at radius 2 is 2.21 bits per heavy atom. The first-order valence-corrected chi connectivity index (χ1v) is 6.21. The summed E-state index contributed by atoms with van der Waals surface area (Å²) >= 11 is 0. The molecule has 0 saturated heterocycles. The Bertz CT molecular complexity index is 488. The van der Waals surface area contributed by atoms with Crippen LogP contribution in [-0.4, -0.2) is 46.0 Å².